The van der Waals surface area contributed by atoms with Gasteiger partial charge >= 0.3 is 0 Å². The number of aliphatic hydroxyl groups is 1. The van der Waals surface area contributed by atoms with Gasteiger partial charge in [0.1, 0.15) is 17.8 Å². The molecule has 0 aliphatic carbocycles. The standard InChI is InChI=1S/C27H33N5O7/c1-14-23(34)18(11-16-7-4-3-5-8-16)30-25(36)20(31-27(38)22-19(33)9-6-10-28-22)15(2)29-26(37)21(32-24(14)35)17-12-39-13-17/h3-10,14-15,17-18,20-21,23,33-34H,11-13H2,1-2H3,(H,29,37)(H,30,36)(H,31,38)(H,32,35). The van der Waals surface area contributed by atoms with E-state index in [4.69, 9.17) is 4.74 Å². The normalized spacial score (nSPS) is 28.5. The fourth-order valence-electron chi connectivity index (χ4n) is 4.63. The van der Waals surface area contributed by atoms with Gasteiger partial charge in [-0.25, -0.2) is 4.98 Å². The van der Waals surface area contributed by atoms with Crippen LogP contribution in [0.4, 0.5) is 0 Å². The molecular formula is C27H33N5O7. The molecule has 6 atom stereocenters. The molecule has 2 aromatic rings. The molecule has 0 radical (unpaired) electrons. The molecule has 2 aliphatic heterocycles. The number of nitrogens with one attached hydrogen (secondary N) is 4. The van der Waals surface area contributed by atoms with Gasteiger partial charge in [-0.3, -0.25) is 19.2 Å². The van der Waals surface area contributed by atoms with E-state index in [-0.39, 0.29) is 37.0 Å². The monoisotopic (exact) mass is 539 g/mol. The van der Waals surface area contributed by atoms with Gasteiger partial charge in [0.05, 0.1) is 37.3 Å². The van der Waals surface area contributed by atoms with Crippen molar-refractivity contribution >= 4 is 23.6 Å². The van der Waals surface area contributed by atoms with E-state index < -0.39 is 59.8 Å². The third-order valence-electron chi connectivity index (χ3n) is 7.12. The molecule has 1 aromatic heterocycles. The van der Waals surface area contributed by atoms with Crippen molar-refractivity contribution < 1.29 is 34.1 Å². The van der Waals surface area contributed by atoms with Crippen LogP contribution in [0, 0.1) is 11.8 Å². The molecule has 12 heteroatoms. The van der Waals surface area contributed by atoms with E-state index in [0.717, 1.165) is 5.56 Å². The maximum absolute atomic E-state index is 13.6. The first kappa shape index (κ1) is 28.0. The number of pyridine rings is 1. The Labute approximate surface area is 225 Å². The Balaban J connectivity index is 1.67. The first-order valence-corrected chi connectivity index (χ1v) is 12.8. The summed E-state index contributed by atoms with van der Waals surface area (Å²) in [6.45, 7) is 3.58. The van der Waals surface area contributed by atoms with Gasteiger partial charge in [0, 0.05) is 12.1 Å². The van der Waals surface area contributed by atoms with E-state index in [1.165, 1.54) is 32.2 Å². The van der Waals surface area contributed by atoms with Gasteiger partial charge in [-0.05, 0) is 31.0 Å². The van der Waals surface area contributed by atoms with Crippen LogP contribution in [0.1, 0.15) is 29.9 Å². The number of nitrogens with zero attached hydrogens (tertiary/aromatic N) is 1. The number of rotatable bonds is 5. The average Bonchev–Trinajstić information content (AvgIpc) is 2.89. The summed E-state index contributed by atoms with van der Waals surface area (Å²) in [5.41, 5.74) is 0.521. The second kappa shape index (κ2) is 12.2. The Hall–Kier alpha value is -4.03. The van der Waals surface area contributed by atoms with Crippen molar-refractivity contribution in [1.82, 2.24) is 26.3 Å². The summed E-state index contributed by atoms with van der Waals surface area (Å²) < 4.78 is 5.22. The molecule has 12 nitrogen and oxygen atoms in total. The fourth-order valence-corrected chi connectivity index (χ4v) is 4.63. The third kappa shape index (κ3) is 6.52. The van der Waals surface area contributed by atoms with Crippen LogP contribution in [-0.2, 0) is 25.5 Å². The third-order valence-corrected chi connectivity index (χ3v) is 7.12. The second-order valence-electron chi connectivity index (χ2n) is 9.99. The zero-order chi connectivity index (χ0) is 28.1. The predicted molar refractivity (Wildman–Crippen MR) is 138 cm³/mol. The van der Waals surface area contributed by atoms with Gasteiger partial charge in [-0.2, -0.15) is 0 Å². The number of hydrogen-bond acceptors (Lipinski definition) is 8. The van der Waals surface area contributed by atoms with Crippen molar-refractivity contribution in [3.63, 3.8) is 0 Å². The zero-order valence-corrected chi connectivity index (χ0v) is 21.7. The van der Waals surface area contributed by atoms with E-state index in [9.17, 15) is 29.4 Å². The smallest absolute Gasteiger partial charge is 0.274 e. The average molecular weight is 540 g/mol. The van der Waals surface area contributed by atoms with E-state index in [2.05, 4.69) is 26.3 Å². The van der Waals surface area contributed by atoms with Crippen molar-refractivity contribution in [2.45, 2.75) is 50.5 Å². The highest BCUT2D eigenvalue weighted by Crippen LogP contribution is 2.20. The minimum absolute atomic E-state index is 0.202. The van der Waals surface area contributed by atoms with Crippen LogP contribution in [0.2, 0.25) is 0 Å². The van der Waals surface area contributed by atoms with Crippen molar-refractivity contribution in [1.29, 1.82) is 0 Å². The van der Waals surface area contributed by atoms with Crippen LogP contribution in [0.25, 0.3) is 0 Å². The van der Waals surface area contributed by atoms with Crippen LogP contribution in [0.15, 0.2) is 48.7 Å². The van der Waals surface area contributed by atoms with E-state index in [1.54, 1.807) is 0 Å². The summed E-state index contributed by atoms with van der Waals surface area (Å²) >= 11 is 0. The first-order valence-electron chi connectivity index (χ1n) is 12.8. The van der Waals surface area contributed by atoms with Crippen LogP contribution in [0.3, 0.4) is 0 Å². The highest BCUT2D eigenvalue weighted by atomic mass is 16.5. The first-order chi connectivity index (χ1) is 18.7. The van der Waals surface area contributed by atoms with Gasteiger partial charge in [0.15, 0.2) is 5.69 Å². The Morgan fingerprint density at radius 2 is 1.72 bits per heavy atom. The molecule has 4 amide bonds. The van der Waals surface area contributed by atoms with Gasteiger partial charge in [0.25, 0.3) is 5.91 Å². The van der Waals surface area contributed by atoms with Crippen LogP contribution in [0.5, 0.6) is 5.75 Å². The molecule has 0 spiro atoms. The molecule has 1 aromatic carbocycles. The largest absolute Gasteiger partial charge is 0.505 e. The topological polar surface area (TPSA) is 179 Å². The van der Waals surface area contributed by atoms with Gasteiger partial charge < -0.3 is 36.2 Å². The quantitative estimate of drug-likeness (QED) is 0.288. The lowest BCUT2D eigenvalue weighted by atomic mass is 9.90. The minimum atomic E-state index is -1.32. The number of aromatic hydroxyl groups is 1. The van der Waals surface area contributed by atoms with Crippen LogP contribution < -0.4 is 21.3 Å². The maximum atomic E-state index is 13.6. The van der Waals surface area contributed by atoms with Gasteiger partial charge in [-0.1, -0.05) is 37.3 Å². The van der Waals surface area contributed by atoms with E-state index in [0.29, 0.717) is 0 Å². The molecular weight excluding hydrogens is 506 g/mol. The van der Waals surface area contributed by atoms with Crippen LogP contribution in [-0.4, -0.2) is 82.3 Å². The number of amides is 4. The zero-order valence-electron chi connectivity index (χ0n) is 21.7. The van der Waals surface area contributed by atoms with Crippen molar-refractivity contribution in [2.75, 3.05) is 13.2 Å². The summed E-state index contributed by atoms with van der Waals surface area (Å²) in [6, 6.07) is 7.75. The molecule has 2 saturated heterocycles. The molecule has 4 rings (SSSR count). The Bertz CT molecular complexity index is 1210. The maximum Gasteiger partial charge on any atom is 0.274 e. The highest BCUT2D eigenvalue weighted by molar-refractivity contribution is 5.98. The molecule has 0 bridgehead atoms. The summed E-state index contributed by atoms with van der Waals surface area (Å²) in [6.07, 6.45) is 0.206. The lowest BCUT2D eigenvalue weighted by Crippen LogP contribution is -2.65. The molecule has 39 heavy (non-hydrogen) atoms. The SMILES string of the molecule is CC1NC(=O)C(C2COC2)NC(=O)C(C)C(O)C(Cc2ccccc2)NC(=O)C1NC(=O)c1ncccc1O. The summed E-state index contributed by atoms with van der Waals surface area (Å²) in [5.74, 6) is -4.26. The Kier molecular flexibility index (Phi) is 8.77. The van der Waals surface area contributed by atoms with E-state index in [1.807, 2.05) is 30.3 Å². The second-order valence-corrected chi connectivity index (χ2v) is 9.99. The molecule has 6 N–H and O–H groups in total. The number of benzene rings is 1. The molecule has 3 heterocycles. The number of hydrogen-bond donors (Lipinski definition) is 6. The lowest BCUT2D eigenvalue weighted by Gasteiger charge is -2.37. The van der Waals surface area contributed by atoms with Crippen molar-refractivity contribution in [2.24, 2.45) is 11.8 Å². The molecule has 0 saturated carbocycles. The fraction of sp³-hybridized carbons (Fsp3) is 0.444. The Morgan fingerprint density at radius 1 is 1.00 bits per heavy atom. The molecule has 208 valence electrons. The number of carbonyl (C=O) groups is 4. The molecule has 2 aliphatic rings. The van der Waals surface area contributed by atoms with Gasteiger partial charge in [0.2, 0.25) is 17.7 Å². The minimum Gasteiger partial charge on any atom is -0.505 e. The summed E-state index contributed by atoms with van der Waals surface area (Å²) in [5, 5.41) is 32.1. The number of ether oxygens (including phenoxy) is 1. The van der Waals surface area contributed by atoms with E-state index >= 15 is 0 Å². The predicted octanol–water partition coefficient (Wildman–Crippen LogP) is -0.740. The molecule has 2 fully saturated rings. The molecule has 6 unspecified atom stereocenters. The lowest BCUT2D eigenvalue weighted by molar-refractivity contribution is -0.141. The summed E-state index contributed by atoms with van der Waals surface area (Å²) in [7, 11) is 0. The number of aliphatic hydroxyl groups excluding tert-OH is 1. The summed E-state index contributed by atoms with van der Waals surface area (Å²) in [4.78, 5) is 56.8. The van der Waals surface area contributed by atoms with Crippen LogP contribution >= 0.6 is 0 Å². The number of carbonyl (C=O) groups excluding carboxylic acids is 4. The van der Waals surface area contributed by atoms with Crippen molar-refractivity contribution in [3.8, 4) is 5.75 Å². The van der Waals surface area contributed by atoms with Gasteiger partial charge in [-0.15, -0.1) is 0 Å². The highest BCUT2D eigenvalue weighted by Gasteiger charge is 2.41. The van der Waals surface area contributed by atoms with Crippen molar-refractivity contribution in [3.05, 3.63) is 59.9 Å². The Morgan fingerprint density at radius 3 is 2.36 bits per heavy atom. The number of aromatic nitrogens is 1.